The number of aliphatic carboxylic acids is 1. The highest BCUT2D eigenvalue weighted by atomic mass is 16.4. The van der Waals surface area contributed by atoms with Gasteiger partial charge in [0.15, 0.2) is 0 Å². The van der Waals surface area contributed by atoms with E-state index < -0.39 is 11.9 Å². The molecule has 1 aliphatic heterocycles. The molecule has 1 atom stereocenters. The van der Waals surface area contributed by atoms with E-state index in [0.29, 0.717) is 26.1 Å². The fraction of sp³-hybridized carbons (Fsp3) is 0.500. The van der Waals surface area contributed by atoms with Gasteiger partial charge in [-0.25, -0.2) is 4.79 Å². The molecule has 0 aliphatic carbocycles. The van der Waals surface area contributed by atoms with Crippen LogP contribution in [0.2, 0.25) is 0 Å². The van der Waals surface area contributed by atoms with Gasteiger partial charge in [0, 0.05) is 19.6 Å². The van der Waals surface area contributed by atoms with Crippen LogP contribution in [0.25, 0.3) is 0 Å². The van der Waals surface area contributed by atoms with Crippen molar-refractivity contribution in [1.82, 2.24) is 10.2 Å². The number of nitrogens with zero attached hydrogens (tertiary/aromatic N) is 1. The zero-order valence-electron chi connectivity index (χ0n) is 12.3. The Morgan fingerprint density at radius 1 is 1.38 bits per heavy atom. The molecule has 5 nitrogen and oxygen atoms in total. The first-order valence-electron chi connectivity index (χ1n) is 7.38. The Morgan fingerprint density at radius 2 is 2.14 bits per heavy atom. The van der Waals surface area contributed by atoms with E-state index in [1.807, 2.05) is 12.1 Å². The van der Waals surface area contributed by atoms with Crippen molar-refractivity contribution in [2.24, 2.45) is 5.92 Å². The van der Waals surface area contributed by atoms with Gasteiger partial charge in [0.25, 0.3) is 0 Å². The lowest BCUT2D eigenvalue weighted by Crippen LogP contribution is -2.47. The zero-order valence-corrected chi connectivity index (χ0v) is 12.3. The van der Waals surface area contributed by atoms with E-state index in [1.165, 1.54) is 11.1 Å². The molecule has 2 N–H and O–H groups in total. The zero-order chi connectivity index (χ0) is 15.2. The van der Waals surface area contributed by atoms with Crippen molar-refractivity contribution in [2.75, 3.05) is 19.6 Å². The van der Waals surface area contributed by atoms with Crippen LogP contribution in [0.1, 0.15) is 24.0 Å². The van der Waals surface area contributed by atoms with Gasteiger partial charge in [-0.05, 0) is 37.3 Å². The minimum absolute atomic E-state index is 0.158. The maximum Gasteiger partial charge on any atom is 0.317 e. The molecule has 0 spiro atoms. The molecule has 2 rings (SSSR count). The van der Waals surface area contributed by atoms with Crippen LogP contribution in [-0.4, -0.2) is 41.6 Å². The Labute approximate surface area is 125 Å². The van der Waals surface area contributed by atoms with Gasteiger partial charge in [-0.3, -0.25) is 4.79 Å². The third-order valence-electron chi connectivity index (χ3n) is 3.99. The molecule has 1 aromatic rings. The van der Waals surface area contributed by atoms with Crippen molar-refractivity contribution in [1.29, 1.82) is 0 Å². The first kappa shape index (κ1) is 15.4. The van der Waals surface area contributed by atoms with Crippen LogP contribution in [0.15, 0.2) is 24.3 Å². The van der Waals surface area contributed by atoms with Crippen molar-refractivity contribution >= 4 is 12.0 Å². The molecule has 1 aliphatic rings. The van der Waals surface area contributed by atoms with Gasteiger partial charge >= 0.3 is 12.0 Å². The summed E-state index contributed by atoms with van der Waals surface area (Å²) in [5.74, 6) is -1.24. The second kappa shape index (κ2) is 7.11. The number of carboxylic acids is 1. The van der Waals surface area contributed by atoms with Gasteiger partial charge < -0.3 is 15.3 Å². The highest BCUT2D eigenvalue weighted by Gasteiger charge is 2.27. The number of carbonyl (C=O) groups is 2. The number of urea groups is 1. The summed E-state index contributed by atoms with van der Waals surface area (Å²) in [6.45, 7) is 3.57. The van der Waals surface area contributed by atoms with Crippen LogP contribution in [0.3, 0.4) is 0 Å². The first-order valence-corrected chi connectivity index (χ1v) is 7.38. The normalized spacial score (nSPS) is 18.3. The lowest BCUT2D eigenvalue weighted by molar-refractivity contribution is -0.143. The van der Waals surface area contributed by atoms with E-state index in [4.69, 9.17) is 5.11 Å². The average Bonchev–Trinajstić information content (AvgIpc) is 2.49. The van der Waals surface area contributed by atoms with E-state index >= 15 is 0 Å². The minimum Gasteiger partial charge on any atom is -0.481 e. The highest BCUT2D eigenvalue weighted by Crippen LogP contribution is 2.16. The fourth-order valence-electron chi connectivity index (χ4n) is 2.67. The number of piperidine rings is 1. The summed E-state index contributed by atoms with van der Waals surface area (Å²) in [6, 6.07) is 7.94. The molecule has 2 amide bonds. The van der Waals surface area contributed by atoms with Crippen molar-refractivity contribution in [2.45, 2.75) is 26.2 Å². The molecule has 0 aromatic heterocycles. The topological polar surface area (TPSA) is 69.6 Å². The van der Waals surface area contributed by atoms with Crippen molar-refractivity contribution in [3.05, 3.63) is 35.4 Å². The second-order valence-electron chi connectivity index (χ2n) is 5.53. The van der Waals surface area contributed by atoms with E-state index in [0.717, 1.165) is 12.8 Å². The third-order valence-corrected chi connectivity index (χ3v) is 3.99. The maximum atomic E-state index is 12.1. The van der Waals surface area contributed by atoms with Crippen molar-refractivity contribution in [3.63, 3.8) is 0 Å². The number of benzene rings is 1. The molecule has 1 saturated heterocycles. The SMILES string of the molecule is Cc1ccccc1CCNC(=O)N1CCCC(C(=O)O)C1. The van der Waals surface area contributed by atoms with Crippen LogP contribution in [0.4, 0.5) is 4.79 Å². The Bertz CT molecular complexity index is 516. The monoisotopic (exact) mass is 290 g/mol. The lowest BCUT2D eigenvalue weighted by Gasteiger charge is -2.30. The van der Waals surface area contributed by atoms with Crippen LogP contribution >= 0.6 is 0 Å². The third kappa shape index (κ3) is 4.21. The van der Waals surface area contributed by atoms with E-state index in [-0.39, 0.29) is 6.03 Å². The molecule has 114 valence electrons. The summed E-state index contributed by atoms with van der Waals surface area (Å²) in [7, 11) is 0. The smallest absolute Gasteiger partial charge is 0.317 e. The predicted molar refractivity (Wildman–Crippen MR) is 80.2 cm³/mol. The molecule has 0 radical (unpaired) electrons. The number of aryl methyl sites for hydroxylation is 1. The lowest BCUT2D eigenvalue weighted by atomic mass is 9.99. The Morgan fingerprint density at radius 3 is 2.86 bits per heavy atom. The molecule has 0 bridgehead atoms. The predicted octanol–water partition coefficient (Wildman–Crippen LogP) is 2.04. The average molecular weight is 290 g/mol. The standard InChI is InChI=1S/C16H22N2O3/c1-12-5-2-3-6-13(12)8-9-17-16(21)18-10-4-7-14(11-18)15(19)20/h2-3,5-6,14H,4,7-11H2,1H3,(H,17,21)(H,19,20). The van der Waals surface area contributed by atoms with E-state index in [9.17, 15) is 9.59 Å². The molecule has 5 heteroatoms. The van der Waals surface area contributed by atoms with Gasteiger partial charge in [-0.2, -0.15) is 0 Å². The largest absolute Gasteiger partial charge is 0.481 e. The summed E-state index contributed by atoms with van der Waals surface area (Å²) in [6.07, 6.45) is 2.19. The number of hydrogen-bond acceptors (Lipinski definition) is 2. The Kier molecular flexibility index (Phi) is 5.20. The van der Waals surface area contributed by atoms with Gasteiger partial charge in [-0.1, -0.05) is 24.3 Å². The molecule has 21 heavy (non-hydrogen) atoms. The highest BCUT2D eigenvalue weighted by molar-refractivity contribution is 5.76. The number of nitrogens with one attached hydrogen (secondary N) is 1. The Hall–Kier alpha value is -2.04. The van der Waals surface area contributed by atoms with Crippen LogP contribution in [0, 0.1) is 12.8 Å². The van der Waals surface area contributed by atoms with E-state index in [1.54, 1.807) is 4.90 Å². The fourth-order valence-corrected chi connectivity index (χ4v) is 2.67. The van der Waals surface area contributed by atoms with E-state index in [2.05, 4.69) is 24.4 Å². The summed E-state index contributed by atoms with van der Waals surface area (Å²) in [5.41, 5.74) is 2.44. The maximum absolute atomic E-state index is 12.1. The number of hydrogen-bond donors (Lipinski definition) is 2. The molecule has 1 aromatic carbocycles. The van der Waals surface area contributed by atoms with Crippen LogP contribution in [0.5, 0.6) is 0 Å². The number of carboxylic acid groups (broad SMARTS) is 1. The van der Waals surface area contributed by atoms with Crippen molar-refractivity contribution in [3.8, 4) is 0 Å². The number of rotatable bonds is 4. The Balaban J connectivity index is 1.79. The number of amides is 2. The van der Waals surface area contributed by atoms with Crippen LogP contribution < -0.4 is 5.32 Å². The molecule has 1 fully saturated rings. The molecule has 1 heterocycles. The van der Waals surface area contributed by atoms with Crippen LogP contribution in [-0.2, 0) is 11.2 Å². The molecule has 1 unspecified atom stereocenters. The number of likely N-dealkylation sites (tertiary alicyclic amines) is 1. The van der Waals surface area contributed by atoms with Gasteiger partial charge in [0.2, 0.25) is 0 Å². The second-order valence-corrected chi connectivity index (χ2v) is 5.53. The van der Waals surface area contributed by atoms with Crippen molar-refractivity contribution < 1.29 is 14.7 Å². The summed E-state index contributed by atoms with van der Waals surface area (Å²) in [5, 5.41) is 11.9. The summed E-state index contributed by atoms with van der Waals surface area (Å²) < 4.78 is 0. The van der Waals surface area contributed by atoms with Gasteiger partial charge in [-0.15, -0.1) is 0 Å². The molecular weight excluding hydrogens is 268 g/mol. The quantitative estimate of drug-likeness (QED) is 0.891. The first-order chi connectivity index (χ1) is 10.1. The minimum atomic E-state index is -0.813. The molecule has 0 saturated carbocycles. The summed E-state index contributed by atoms with van der Waals surface area (Å²) in [4.78, 5) is 24.7. The number of carbonyl (C=O) groups excluding carboxylic acids is 1. The molecular formula is C16H22N2O3. The van der Waals surface area contributed by atoms with Gasteiger partial charge in [0.1, 0.15) is 0 Å². The van der Waals surface area contributed by atoms with Gasteiger partial charge in [0.05, 0.1) is 5.92 Å². The summed E-state index contributed by atoms with van der Waals surface area (Å²) >= 11 is 0.